The topological polar surface area (TPSA) is 81.4 Å². The van der Waals surface area contributed by atoms with Crippen LogP contribution in [-0.4, -0.2) is 41.7 Å². The Labute approximate surface area is 102 Å². The van der Waals surface area contributed by atoms with E-state index in [0.29, 0.717) is 0 Å². The highest BCUT2D eigenvalue weighted by Crippen LogP contribution is 2.20. The number of rotatable bonds is 3. The van der Waals surface area contributed by atoms with Gasteiger partial charge in [0, 0.05) is 33.0 Å². The van der Waals surface area contributed by atoms with E-state index in [0.717, 1.165) is 18.9 Å². The predicted molar refractivity (Wildman–Crippen MR) is 56.4 cm³/mol. The van der Waals surface area contributed by atoms with Gasteiger partial charge in [-0.15, -0.1) is 0 Å². The minimum atomic E-state index is -5.84. The normalized spacial score (nSPS) is 11.9. The summed E-state index contributed by atoms with van der Waals surface area (Å²) >= 11 is 0. The largest absolute Gasteiger partial charge is 0.522 e. The van der Waals surface area contributed by atoms with Gasteiger partial charge in [0.25, 0.3) is 0 Å². The van der Waals surface area contributed by atoms with Gasteiger partial charge in [-0.05, 0) is 0 Å². The Morgan fingerprint density at radius 2 is 2.00 bits per heavy atom. The van der Waals surface area contributed by atoms with Crippen molar-refractivity contribution in [3.8, 4) is 0 Å². The summed E-state index contributed by atoms with van der Waals surface area (Å²) in [5.74, 6) is 1.07. The molecule has 1 N–H and O–H groups in total. The van der Waals surface area contributed by atoms with Crippen molar-refractivity contribution in [2.24, 2.45) is 7.05 Å². The fourth-order valence-electron chi connectivity index (χ4n) is 0.831. The van der Waals surface area contributed by atoms with Crippen LogP contribution in [0.5, 0.6) is 0 Å². The molecular weight excluding hydrogens is 277 g/mol. The van der Waals surface area contributed by atoms with Gasteiger partial charge in [-0.1, -0.05) is 0 Å². The van der Waals surface area contributed by atoms with Gasteiger partial charge in [0.1, 0.15) is 5.82 Å². The van der Waals surface area contributed by atoms with Gasteiger partial charge in [-0.3, -0.25) is 4.55 Å². The first-order chi connectivity index (χ1) is 8.09. The van der Waals surface area contributed by atoms with Crippen molar-refractivity contribution in [2.45, 2.75) is 11.9 Å². The van der Waals surface area contributed by atoms with Crippen molar-refractivity contribution >= 4 is 10.1 Å². The van der Waals surface area contributed by atoms with Crippen LogP contribution in [0.25, 0.3) is 0 Å². The van der Waals surface area contributed by atoms with Crippen LogP contribution in [0.15, 0.2) is 12.4 Å². The van der Waals surface area contributed by atoms with Crippen LogP contribution < -0.4 is 0 Å². The SMILES string of the molecule is COCCc1nccn1C.O=S(=O)(O)C(F)(F)F. The van der Waals surface area contributed by atoms with E-state index in [4.69, 9.17) is 17.7 Å². The van der Waals surface area contributed by atoms with E-state index < -0.39 is 15.6 Å². The average molecular weight is 290 g/mol. The third-order valence-electron chi connectivity index (χ3n) is 1.74. The molecule has 1 aromatic heterocycles. The van der Waals surface area contributed by atoms with E-state index >= 15 is 0 Å². The monoisotopic (exact) mass is 290 g/mol. The number of hydrogen-bond acceptors (Lipinski definition) is 4. The number of alkyl halides is 3. The molecule has 0 aliphatic carbocycles. The molecule has 0 aliphatic heterocycles. The van der Waals surface area contributed by atoms with E-state index in [-0.39, 0.29) is 0 Å². The number of hydrogen-bond donors (Lipinski definition) is 1. The maximum absolute atomic E-state index is 10.7. The Kier molecular flexibility index (Phi) is 6.29. The average Bonchev–Trinajstić information content (AvgIpc) is 2.59. The summed E-state index contributed by atoms with van der Waals surface area (Å²) < 4.78 is 64.5. The fraction of sp³-hybridized carbons (Fsp3) is 0.625. The number of methoxy groups -OCH3 is 1. The Morgan fingerprint density at radius 3 is 2.28 bits per heavy atom. The van der Waals surface area contributed by atoms with Crippen molar-refractivity contribution in [2.75, 3.05) is 13.7 Å². The van der Waals surface area contributed by atoms with Crippen LogP contribution in [0.4, 0.5) is 13.2 Å². The highest BCUT2D eigenvalue weighted by atomic mass is 32.2. The highest BCUT2D eigenvalue weighted by Gasteiger charge is 2.44. The number of ether oxygens (including phenoxy) is 1. The molecule has 10 heteroatoms. The Hall–Kier alpha value is -1.13. The molecule has 0 aliphatic rings. The molecule has 0 amide bonds. The molecule has 0 fully saturated rings. The molecule has 0 saturated carbocycles. The third kappa shape index (κ3) is 5.98. The molecule has 0 aromatic carbocycles. The third-order valence-corrected chi connectivity index (χ3v) is 2.33. The fourth-order valence-corrected chi connectivity index (χ4v) is 0.831. The van der Waals surface area contributed by atoms with Crippen molar-refractivity contribution in [3.63, 3.8) is 0 Å². The standard InChI is InChI=1S/C7H12N2O.CHF3O3S/c1-9-5-4-8-7(9)3-6-10-2;2-1(3,4)8(5,6)7/h4-5H,3,6H2,1-2H3;(H,5,6,7). The summed E-state index contributed by atoms with van der Waals surface area (Å²) in [6.07, 6.45) is 4.62. The molecule has 1 heterocycles. The second kappa shape index (κ2) is 6.71. The van der Waals surface area contributed by atoms with Gasteiger partial charge in [0.15, 0.2) is 0 Å². The van der Waals surface area contributed by atoms with Crippen molar-refractivity contribution < 1.29 is 30.9 Å². The molecule has 0 radical (unpaired) electrons. The lowest BCUT2D eigenvalue weighted by molar-refractivity contribution is -0.0510. The van der Waals surface area contributed by atoms with Crippen LogP contribution in [0.3, 0.4) is 0 Å². The van der Waals surface area contributed by atoms with E-state index in [2.05, 4.69) is 4.98 Å². The van der Waals surface area contributed by atoms with Crippen molar-refractivity contribution in [1.29, 1.82) is 0 Å². The van der Waals surface area contributed by atoms with Crippen LogP contribution in [-0.2, 0) is 28.3 Å². The zero-order valence-electron chi connectivity index (χ0n) is 9.68. The number of halogens is 3. The zero-order chi connectivity index (χ0) is 14.4. The molecule has 0 saturated heterocycles. The van der Waals surface area contributed by atoms with Gasteiger partial charge < -0.3 is 9.30 Å². The number of aryl methyl sites for hydroxylation is 1. The maximum Gasteiger partial charge on any atom is 0.522 e. The Morgan fingerprint density at radius 1 is 1.50 bits per heavy atom. The van der Waals surface area contributed by atoms with Crippen molar-refractivity contribution in [1.82, 2.24) is 9.55 Å². The minimum Gasteiger partial charge on any atom is -0.384 e. The summed E-state index contributed by atoms with van der Waals surface area (Å²) in [7, 11) is -2.16. The Balaban J connectivity index is 0.000000331. The maximum atomic E-state index is 10.7. The smallest absolute Gasteiger partial charge is 0.384 e. The van der Waals surface area contributed by atoms with E-state index in [1.807, 2.05) is 17.8 Å². The zero-order valence-corrected chi connectivity index (χ0v) is 10.5. The van der Waals surface area contributed by atoms with Crippen LogP contribution in [0.1, 0.15) is 5.82 Å². The lowest BCUT2D eigenvalue weighted by atomic mass is 10.4. The van der Waals surface area contributed by atoms with Gasteiger partial charge in [-0.25, -0.2) is 4.98 Å². The first kappa shape index (κ1) is 16.9. The van der Waals surface area contributed by atoms with Crippen LogP contribution >= 0.6 is 0 Å². The molecular formula is C8H13F3N2O4S. The van der Waals surface area contributed by atoms with E-state index in [1.165, 1.54) is 0 Å². The quantitative estimate of drug-likeness (QED) is 0.663. The molecule has 1 rings (SSSR count). The molecule has 0 unspecified atom stereocenters. The summed E-state index contributed by atoms with van der Waals surface area (Å²) in [6.45, 7) is 0.741. The lowest BCUT2D eigenvalue weighted by Gasteiger charge is -1.98. The van der Waals surface area contributed by atoms with Crippen LogP contribution in [0, 0.1) is 0 Å². The van der Waals surface area contributed by atoms with Crippen molar-refractivity contribution in [3.05, 3.63) is 18.2 Å². The molecule has 1 aromatic rings. The van der Waals surface area contributed by atoms with E-state index in [1.54, 1.807) is 13.3 Å². The first-order valence-corrected chi connectivity index (χ1v) is 6.02. The Bertz CT molecular complexity index is 455. The second-order valence-electron chi connectivity index (χ2n) is 3.12. The first-order valence-electron chi connectivity index (χ1n) is 4.58. The van der Waals surface area contributed by atoms with E-state index in [9.17, 15) is 13.2 Å². The molecule has 18 heavy (non-hydrogen) atoms. The lowest BCUT2D eigenvalue weighted by Crippen LogP contribution is -2.21. The minimum absolute atomic E-state index is 0.741. The summed E-state index contributed by atoms with van der Waals surface area (Å²) in [4.78, 5) is 4.14. The second-order valence-corrected chi connectivity index (χ2v) is 4.53. The molecule has 106 valence electrons. The summed E-state index contributed by atoms with van der Waals surface area (Å²) in [5, 5.41) is 0. The number of imidazole rings is 1. The predicted octanol–water partition coefficient (Wildman–Crippen LogP) is 1.00. The summed E-state index contributed by atoms with van der Waals surface area (Å²) in [5.41, 5.74) is -5.53. The van der Waals surface area contributed by atoms with Gasteiger partial charge in [0.2, 0.25) is 0 Å². The summed E-state index contributed by atoms with van der Waals surface area (Å²) in [6, 6.07) is 0. The molecule has 0 atom stereocenters. The molecule has 0 bridgehead atoms. The number of aromatic nitrogens is 2. The number of nitrogens with zero attached hydrogens (tertiary/aromatic N) is 2. The van der Waals surface area contributed by atoms with Crippen LogP contribution in [0.2, 0.25) is 0 Å². The molecule has 6 nitrogen and oxygen atoms in total. The van der Waals surface area contributed by atoms with Gasteiger partial charge >= 0.3 is 15.6 Å². The highest BCUT2D eigenvalue weighted by molar-refractivity contribution is 7.86. The van der Waals surface area contributed by atoms with Gasteiger partial charge in [-0.2, -0.15) is 21.6 Å². The van der Waals surface area contributed by atoms with Gasteiger partial charge in [0.05, 0.1) is 6.61 Å². The molecule has 0 spiro atoms.